The number of aromatic nitrogens is 3. The van der Waals surface area contributed by atoms with Gasteiger partial charge in [-0.3, -0.25) is 5.10 Å². The topological polar surface area (TPSA) is 66.1 Å². The van der Waals surface area contributed by atoms with Crippen molar-refractivity contribution in [2.24, 2.45) is 5.92 Å². The minimum absolute atomic E-state index is 0.421. The second-order valence-corrected chi connectivity index (χ2v) is 6.07. The predicted octanol–water partition coefficient (Wildman–Crippen LogP) is 0.874. The summed E-state index contributed by atoms with van der Waals surface area (Å²) in [6.45, 7) is 7.19. The van der Waals surface area contributed by atoms with Crippen LogP contribution in [0.15, 0.2) is 0 Å². The Kier molecular flexibility index (Phi) is 3.22. The van der Waals surface area contributed by atoms with Gasteiger partial charge in [-0.1, -0.05) is 0 Å². The number of rotatable bonds is 3. The Morgan fingerprint density at radius 3 is 2.95 bits per heavy atom. The van der Waals surface area contributed by atoms with Gasteiger partial charge in [0.15, 0.2) is 5.82 Å². The number of ether oxygens (including phenoxy) is 1. The molecule has 0 aliphatic carbocycles. The molecule has 2 N–H and O–H groups in total. The average molecular weight is 265 g/mol. The highest BCUT2D eigenvalue weighted by Gasteiger charge is 2.36. The van der Waals surface area contributed by atoms with Gasteiger partial charge in [-0.05, 0) is 39.2 Å². The molecule has 0 bridgehead atoms. The zero-order valence-corrected chi connectivity index (χ0v) is 11.9. The van der Waals surface area contributed by atoms with Gasteiger partial charge in [-0.2, -0.15) is 4.98 Å². The minimum atomic E-state index is -0.421. The summed E-state index contributed by atoms with van der Waals surface area (Å²) in [6, 6.07) is 0.603. The quantitative estimate of drug-likeness (QED) is 0.849. The van der Waals surface area contributed by atoms with E-state index in [1.54, 1.807) is 7.11 Å². The van der Waals surface area contributed by atoms with Crippen LogP contribution < -0.4 is 10.2 Å². The highest BCUT2D eigenvalue weighted by Crippen LogP contribution is 2.28. The van der Waals surface area contributed by atoms with Crippen LogP contribution in [0, 0.1) is 5.92 Å². The number of hydrogen-bond acceptors (Lipinski definition) is 5. The first kappa shape index (κ1) is 12.9. The summed E-state index contributed by atoms with van der Waals surface area (Å²) < 4.78 is 5.43. The van der Waals surface area contributed by atoms with Gasteiger partial charge in [0, 0.05) is 26.2 Å². The van der Waals surface area contributed by atoms with E-state index in [4.69, 9.17) is 4.74 Å². The molecule has 6 heteroatoms. The maximum Gasteiger partial charge on any atom is 0.244 e. The van der Waals surface area contributed by atoms with Crippen molar-refractivity contribution in [3.63, 3.8) is 0 Å². The summed E-state index contributed by atoms with van der Waals surface area (Å²) in [4.78, 5) is 6.88. The van der Waals surface area contributed by atoms with Gasteiger partial charge in [0.1, 0.15) is 5.60 Å². The molecule has 0 saturated carbocycles. The van der Waals surface area contributed by atoms with E-state index < -0.39 is 5.60 Å². The Morgan fingerprint density at radius 1 is 1.37 bits per heavy atom. The van der Waals surface area contributed by atoms with Gasteiger partial charge in [0.05, 0.1) is 0 Å². The lowest BCUT2D eigenvalue weighted by Crippen LogP contribution is -2.40. The molecule has 2 aliphatic rings. The maximum absolute atomic E-state index is 5.43. The first-order valence-corrected chi connectivity index (χ1v) is 7.06. The number of nitrogens with one attached hydrogen (secondary N) is 2. The Bertz CT molecular complexity index is 430. The van der Waals surface area contributed by atoms with Gasteiger partial charge in [-0.25, -0.2) is 0 Å². The SMILES string of the molecule is COC(C)(C)c1nc(N2CC3CCCNC3C2)n[nH]1. The maximum atomic E-state index is 5.43. The van der Waals surface area contributed by atoms with Crippen molar-refractivity contribution in [2.75, 3.05) is 31.6 Å². The molecular formula is C13H23N5O. The standard InChI is InChI=1S/C13H23N5O/c1-13(2,19-3)11-15-12(17-16-11)18-7-9-5-4-6-14-10(9)8-18/h9-10,14H,4-8H2,1-3H3,(H,15,16,17). The number of methoxy groups -OCH3 is 1. The summed E-state index contributed by atoms with van der Waals surface area (Å²) in [7, 11) is 1.69. The van der Waals surface area contributed by atoms with E-state index in [2.05, 4.69) is 25.4 Å². The molecule has 2 aliphatic heterocycles. The summed E-state index contributed by atoms with van der Waals surface area (Å²) in [5.74, 6) is 2.33. The zero-order valence-electron chi connectivity index (χ0n) is 11.9. The van der Waals surface area contributed by atoms with Crippen LogP contribution in [0.5, 0.6) is 0 Å². The van der Waals surface area contributed by atoms with E-state index in [0.29, 0.717) is 6.04 Å². The highest BCUT2D eigenvalue weighted by molar-refractivity contribution is 5.33. The van der Waals surface area contributed by atoms with Crippen LogP contribution in [0.1, 0.15) is 32.5 Å². The van der Waals surface area contributed by atoms with Crippen LogP contribution in [0.2, 0.25) is 0 Å². The van der Waals surface area contributed by atoms with Crippen molar-refractivity contribution in [1.29, 1.82) is 0 Å². The molecule has 1 aromatic rings. The molecule has 1 aromatic heterocycles. The van der Waals surface area contributed by atoms with E-state index in [-0.39, 0.29) is 0 Å². The number of fused-ring (bicyclic) bond motifs is 1. The predicted molar refractivity (Wildman–Crippen MR) is 73.1 cm³/mol. The van der Waals surface area contributed by atoms with Crippen molar-refractivity contribution in [3.8, 4) is 0 Å². The van der Waals surface area contributed by atoms with E-state index in [0.717, 1.165) is 37.3 Å². The van der Waals surface area contributed by atoms with Crippen molar-refractivity contribution in [3.05, 3.63) is 5.82 Å². The first-order valence-electron chi connectivity index (χ1n) is 7.06. The molecule has 2 unspecified atom stereocenters. The van der Waals surface area contributed by atoms with Crippen LogP contribution in [-0.2, 0) is 10.3 Å². The molecule has 106 valence electrons. The monoisotopic (exact) mass is 265 g/mol. The molecule has 0 aromatic carbocycles. The molecule has 19 heavy (non-hydrogen) atoms. The Morgan fingerprint density at radius 2 is 2.21 bits per heavy atom. The van der Waals surface area contributed by atoms with Crippen LogP contribution >= 0.6 is 0 Å². The van der Waals surface area contributed by atoms with Gasteiger partial charge < -0.3 is 15.0 Å². The number of piperidine rings is 1. The molecule has 6 nitrogen and oxygen atoms in total. The van der Waals surface area contributed by atoms with Crippen LogP contribution in [0.25, 0.3) is 0 Å². The van der Waals surface area contributed by atoms with Crippen molar-refractivity contribution in [1.82, 2.24) is 20.5 Å². The number of anilines is 1. The summed E-state index contributed by atoms with van der Waals surface area (Å²) in [5, 5.41) is 11.0. The van der Waals surface area contributed by atoms with E-state index in [9.17, 15) is 0 Å². The van der Waals surface area contributed by atoms with Gasteiger partial charge in [0.25, 0.3) is 0 Å². The average Bonchev–Trinajstić information content (AvgIpc) is 3.05. The third-order valence-electron chi connectivity index (χ3n) is 4.44. The number of hydrogen-bond donors (Lipinski definition) is 2. The molecule has 0 spiro atoms. The fourth-order valence-electron chi connectivity index (χ4n) is 2.97. The van der Waals surface area contributed by atoms with E-state index >= 15 is 0 Å². The van der Waals surface area contributed by atoms with Crippen LogP contribution in [0.4, 0.5) is 5.95 Å². The minimum Gasteiger partial charge on any atom is -0.371 e. The smallest absolute Gasteiger partial charge is 0.244 e. The first-order chi connectivity index (χ1) is 9.10. The van der Waals surface area contributed by atoms with Gasteiger partial charge >= 0.3 is 0 Å². The van der Waals surface area contributed by atoms with Crippen molar-refractivity contribution < 1.29 is 4.74 Å². The lowest BCUT2D eigenvalue weighted by molar-refractivity contribution is 0.0118. The highest BCUT2D eigenvalue weighted by atomic mass is 16.5. The molecule has 2 atom stereocenters. The summed E-state index contributed by atoms with van der Waals surface area (Å²) >= 11 is 0. The lowest BCUT2D eigenvalue weighted by atomic mass is 9.94. The van der Waals surface area contributed by atoms with E-state index in [1.165, 1.54) is 12.8 Å². The zero-order chi connectivity index (χ0) is 13.5. The molecular weight excluding hydrogens is 242 g/mol. The van der Waals surface area contributed by atoms with E-state index in [1.807, 2.05) is 13.8 Å². The second-order valence-electron chi connectivity index (χ2n) is 6.07. The summed E-state index contributed by atoms with van der Waals surface area (Å²) in [5.41, 5.74) is -0.421. The largest absolute Gasteiger partial charge is 0.371 e. The number of H-pyrrole nitrogens is 1. The summed E-state index contributed by atoms with van der Waals surface area (Å²) in [6.07, 6.45) is 2.60. The molecule has 2 fully saturated rings. The van der Waals surface area contributed by atoms with Gasteiger partial charge in [0.2, 0.25) is 5.95 Å². The fourth-order valence-corrected chi connectivity index (χ4v) is 2.97. The molecule has 3 rings (SSSR count). The van der Waals surface area contributed by atoms with Crippen molar-refractivity contribution in [2.45, 2.75) is 38.3 Å². The van der Waals surface area contributed by atoms with Crippen LogP contribution in [0.3, 0.4) is 0 Å². The number of nitrogens with zero attached hydrogens (tertiary/aromatic N) is 3. The molecule has 3 heterocycles. The molecule has 2 saturated heterocycles. The van der Waals surface area contributed by atoms with Crippen molar-refractivity contribution >= 4 is 5.95 Å². The third-order valence-corrected chi connectivity index (χ3v) is 4.44. The lowest BCUT2D eigenvalue weighted by Gasteiger charge is -2.24. The second kappa shape index (κ2) is 4.76. The fraction of sp³-hybridized carbons (Fsp3) is 0.846. The molecule has 0 amide bonds. The van der Waals surface area contributed by atoms with Crippen LogP contribution in [-0.4, -0.2) is 48.0 Å². The Hall–Kier alpha value is -1.14. The normalized spacial score (nSPS) is 27.6. The third kappa shape index (κ3) is 2.34. The number of aromatic amines is 1. The Balaban J connectivity index is 1.73. The Labute approximate surface area is 113 Å². The molecule has 0 radical (unpaired) electrons. The van der Waals surface area contributed by atoms with Gasteiger partial charge in [-0.15, -0.1) is 5.10 Å².